The number of carbonyl (C=O) groups is 2. The average Bonchev–Trinajstić information content (AvgIpc) is 3.45. The normalized spacial score (nSPS) is 16.4. The third-order valence-corrected chi connectivity index (χ3v) is 7.58. The number of fused-ring (bicyclic) bond motifs is 1. The van der Waals surface area contributed by atoms with Crippen molar-refractivity contribution >= 4 is 23.2 Å². The van der Waals surface area contributed by atoms with E-state index in [0.717, 1.165) is 27.8 Å². The maximum absolute atomic E-state index is 14.8. The lowest BCUT2D eigenvalue weighted by Gasteiger charge is -2.33. The molecule has 1 unspecified atom stereocenters. The topological polar surface area (TPSA) is 58.4 Å². The van der Waals surface area contributed by atoms with Crippen LogP contribution < -0.4 is 0 Å². The lowest BCUT2D eigenvalue weighted by molar-refractivity contribution is -0.132. The Morgan fingerprint density at radius 2 is 1.94 bits per heavy atom. The Labute approximate surface area is 213 Å². The Balaban J connectivity index is 1.88. The lowest BCUT2D eigenvalue weighted by Crippen LogP contribution is -2.37. The maximum atomic E-state index is 14.8. The molecule has 0 saturated carbocycles. The maximum Gasteiger partial charge on any atom is 0.289 e. The molecule has 0 saturated heterocycles. The summed E-state index contributed by atoms with van der Waals surface area (Å²) in [4.78, 5) is 30.5. The van der Waals surface area contributed by atoms with E-state index in [0.29, 0.717) is 18.7 Å². The van der Waals surface area contributed by atoms with Crippen molar-refractivity contribution in [3.05, 3.63) is 75.8 Å². The molecule has 4 rings (SSSR count). The van der Waals surface area contributed by atoms with Crippen molar-refractivity contribution in [3.8, 4) is 11.1 Å². The van der Waals surface area contributed by atoms with Gasteiger partial charge in [0.2, 0.25) is 11.8 Å². The quantitative estimate of drug-likeness (QED) is 0.419. The summed E-state index contributed by atoms with van der Waals surface area (Å²) < 4.78 is 31.0. The number of aromatic nitrogens is 2. The second kappa shape index (κ2) is 9.61. The molecule has 6 nitrogen and oxygen atoms in total. The molecule has 1 aromatic carbocycles. The highest BCUT2D eigenvalue weighted by Crippen LogP contribution is 2.44. The number of rotatable bonds is 6. The van der Waals surface area contributed by atoms with E-state index in [4.69, 9.17) is 0 Å². The van der Waals surface area contributed by atoms with Crippen molar-refractivity contribution in [1.29, 1.82) is 0 Å². The number of carbonyl (C=O) groups excluding carboxylic acids is 2. The number of amides is 2. The van der Waals surface area contributed by atoms with Crippen molar-refractivity contribution in [3.63, 3.8) is 0 Å². The number of nitrogens with zero attached hydrogens (tertiary/aromatic N) is 4. The van der Waals surface area contributed by atoms with Crippen LogP contribution in [0.2, 0.25) is 0 Å². The molecule has 0 N–H and O–H groups in total. The molecule has 1 aliphatic heterocycles. The summed E-state index contributed by atoms with van der Waals surface area (Å²) >= 11 is 1.64. The van der Waals surface area contributed by atoms with Gasteiger partial charge in [-0.2, -0.15) is 13.9 Å². The molecule has 9 heteroatoms. The van der Waals surface area contributed by atoms with Crippen LogP contribution in [0.5, 0.6) is 0 Å². The number of aryl methyl sites for hydroxylation is 1. The van der Waals surface area contributed by atoms with Gasteiger partial charge in [0.25, 0.3) is 5.92 Å². The molecule has 3 aromatic rings. The van der Waals surface area contributed by atoms with E-state index in [1.165, 1.54) is 21.9 Å². The molecular formula is C27H30F2N4O2S. The van der Waals surface area contributed by atoms with Crippen molar-refractivity contribution < 1.29 is 18.4 Å². The molecule has 0 aliphatic carbocycles. The van der Waals surface area contributed by atoms with Gasteiger partial charge in [-0.3, -0.25) is 14.3 Å². The number of thiophene rings is 1. The number of benzene rings is 1. The Morgan fingerprint density at radius 3 is 2.58 bits per heavy atom. The van der Waals surface area contributed by atoms with E-state index in [2.05, 4.69) is 17.7 Å². The van der Waals surface area contributed by atoms with Crippen LogP contribution in [0.4, 0.5) is 8.78 Å². The van der Waals surface area contributed by atoms with Crippen molar-refractivity contribution in [2.24, 2.45) is 0 Å². The van der Waals surface area contributed by atoms with Crippen LogP contribution >= 0.6 is 11.3 Å². The van der Waals surface area contributed by atoms with E-state index >= 15 is 0 Å². The van der Waals surface area contributed by atoms with Crippen molar-refractivity contribution in [1.82, 2.24) is 19.6 Å². The number of hydrogen-bond acceptors (Lipinski definition) is 4. The summed E-state index contributed by atoms with van der Waals surface area (Å²) in [5.41, 5.74) is 2.43. The van der Waals surface area contributed by atoms with E-state index < -0.39 is 12.0 Å². The van der Waals surface area contributed by atoms with Gasteiger partial charge < -0.3 is 9.80 Å². The van der Waals surface area contributed by atoms with Gasteiger partial charge in [0.1, 0.15) is 11.7 Å². The fourth-order valence-electron chi connectivity index (χ4n) is 4.76. The first-order chi connectivity index (χ1) is 16.9. The molecule has 0 bridgehead atoms. The Morgan fingerprint density at radius 1 is 1.25 bits per heavy atom. The molecule has 1 aliphatic rings. The van der Waals surface area contributed by atoms with Crippen LogP contribution in [0.15, 0.2) is 49.2 Å². The van der Waals surface area contributed by atoms with Crippen LogP contribution in [0.1, 0.15) is 52.4 Å². The highest BCUT2D eigenvalue weighted by molar-refractivity contribution is 7.12. The number of alkyl halides is 2. The molecule has 0 radical (unpaired) electrons. The molecule has 3 heterocycles. The molecule has 36 heavy (non-hydrogen) atoms. The summed E-state index contributed by atoms with van der Waals surface area (Å²) in [5, 5.41) is 4.20. The summed E-state index contributed by atoms with van der Waals surface area (Å²) in [7, 11) is 3.24. The largest absolute Gasteiger partial charge is 0.347 e. The molecule has 0 fully saturated rings. The van der Waals surface area contributed by atoms with Gasteiger partial charge in [0.15, 0.2) is 0 Å². The van der Waals surface area contributed by atoms with Crippen LogP contribution in [-0.2, 0) is 22.1 Å². The summed E-state index contributed by atoms with van der Waals surface area (Å²) in [6.45, 7) is 9.02. The average molecular weight is 513 g/mol. The third-order valence-electron chi connectivity index (χ3n) is 6.53. The van der Waals surface area contributed by atoms with Gasteiger partial charge in [-0.1, -0.05) is 30.8 Å². The second-order valence-corrected chi connectivity index (χ2v) is 10.8. The van der Waals surface area contributed by atoms with E-state index in [-0.39, 0.29) is 29.0 Å². The highest BCUT2D eigenvalue weighted by Gasteiger charge is 2.36. The van der Waals surface area contributed by atoms with Gasteiger partial charge in [-0.05, 0) is 42.7 Å². The third kappa shape index (κ3) is 4.72. The first-order valence-corrected chi connectivity index (χ1v) is 12.5. The smallest absolute Gasteiger partial charge is 0.289 e. The molecule has 0 spiro atoms. The molecule has 2 amide bonds. The Bertz CT molecular complexity index is 1320. The predicted molar refractivity (Wildman–Crippen MR) is 137 cm³/mol. The van der Waals surface area contributed by atoms with Crippen LogP contribution in [-0.4, -0.2) is 52.0 Å². The minimum atomic E-state index is -3.23. The SMILES string of the molecule is C=CC(=O)N1Cc2sc(C)cc2[C@@H](c2ccccc2-c2cn(C(C)C(=O)N(C)C)nc2C(C)(F)F)C1. The van der Waals surface area contributed by atoms with Gasteiger partial charge in [-0.25, -0.2) is 0 Å². The first kappa shape index (κ1) is 25.8. The van der Waals surface area contributed by atoms with E-state index in [1.54, 1.807) is 49.4 Å². The molecule has 2 aromatic heterocycles. The van der Waals surface area contributed by atoms with Crippen molar-refractivity contribution in [2.75, 3.05) is 20.6 Å². The zero-order chi connectivity index (χ0) is 26.4. The van der Waals surface area contributed by atoms with Crippen LogP contribution in [0, 0.1) is 6.92 Å². The summed E-state index contributed by atoms with van der Waals surface area (Å²) in [6.07, 6.45) is 2.84. The van der Waals surface area contributed by atoms with Gasteiger partial charge >= 0.3 is 0 Å². The zero-order valence-electron chi connectivity index (χ0n) is 21.1. The fraction of sp³-hybridized carbons (Fsp3) is 0.370. The Hall–Kier alpha value is -3.33. The number of hydrogen-bond donors (Lipinski definition) is 0. The molecule has 190 valence electrons. The molecule has 2 atom stereocenters. The second-order valence-electron chi connectivity index (χ2n) is 9.47. The van der Waals surface area contributed by atoms with E-state index in [1.807, 2.05) is 19.1 Å². The predicted octanol–water partition coefficient (Wildman–Crippen LogP) is 5.34. The minimum absolute atomic E-state index is 0.168. The monoisotopic (exact) mass is 512 g/mol. The van der Waals surface area contributed by atoms with Gasteiger partial charge in [0.05, 0.1) is 6.54 Å². The fourth-order valence-corrected chi connectivity index (χ4v) is 5.88. The Kier molecular flexibility index (Phi) is 6.88. The number of likely N-dealkylation sites (N-methyl/N-ethyl adjacent to an activating group) is 1. The van der Waals surface area contributed by atoms with Gasteiger partial charge in [0, 0.05) is 55.0 Å². The van der Waals surface area contributed by atoms with Crippen LogP contribution in [0.3, 0.4) is 0 Å². The van der Waals surface area contributed by atoms with Crippen LogP contribution in [0.25, 0.3) is 11.1 Å². The first-order valence-electron chi connectivity index (χ1n) is 11.7. The molecular weight excluding hydrogens is 482 g/mol. The van der Waals surface area contributed by atoms with Gasteiger partial charge in [-0.15, -0.1) is 11.3 Å². The zero-order valence-corrected chi connectivity index (χ0v) is 21.9. The van der Waals surface area contributed by atoms with E-state index in [9.17, 15) is 18.4 Å². The number of halogens is 2. The van der Waals surface area contributed by atoms with Crippen molar-refractivity contribution in [2.45, 2.75) is 45.2 Å². The summed E-state index contributed by atoms with van der Waals surface area (Å²) in [5.74, 6) is -3.84. The lowest BCUT2D eigenvalue weighted by atomic mass is 9.83. The standard InChI is InChI=1S/C27H30F2N4O2S/c1-7-24(34)32-13-21(20-12-16(2)36-23(20)15-32)18-10-8-9-11-19(18)22-14-33(17(3)26(35)31(5)6)30-25(22)27(4,28)29/h7-12,14,17,21H,1,13,15H2,2-6H3/t17?,21-/m1/s1. The minimum Gasteiger partial charge on any atom is -0.347 e. The summed E-state index contributed by atoms with van der Waals surface area (Å²) in [6, 6.07) is 8.77. The highest BCUT2D eigenvalue weighted by atomic mass is 32.1.